The molecule has 28 heavy (non-hydrogen) atoms. The van der Waals surface area contributed by atoms with E-state index in [0.29, 0.717) is 38.1 Å². The Balaban J connectivity index is 2.68. The first kappa shape index (κ1) is 24.6. The van der Waals surface area contributed by atoms with Crippen LogP contribution in [0, 0.1) is 5.92 Å². The zero-order valence-electron chi connectivity index (χ0n) is 18.1. The van der Waals surface area contributed by atoms with Gasteiger partial charge in [-0.25, -0.2) is 13.4 Å². The van der Waals surface area contributed by atoms with E-state index in [0.717, 1.165) is 6.54 Å². The third-order valence-electron chi connectivity index (χ3n) is 4.26. The summed E-state index contributed by atoms with van der Waals surface area (Å²) >= 11 is 0. The van der Waals surface area contributed by atoms with Crippen LogP contribution in [0.1, 0.15) is 27.7 Å². The van der Waals surface area contributed by atoms with Crippen LogP contribution in [-0.2, 0) is 19.6 Å². The van der Waals surface area contributed by atoms with Crippen molar-refractivity contribution in [3.05, 3.63) is 0 Å². The number of hydrogen-bond donors (Lipinski definition) is 1. The Morgan fingerprint density at radius 2 is 1.75 bits per heavy atom. The minimum absolute atomic E-state index is 0.00490. The number of carbonyl (C=O) groups is 1. The average molecular weight is 420 g/mol. The van der Waals surface area contributed by atoms with E-state index in [1.54, 1.807) is 14.1 Å². The summed E-state index contributed by atoms with van der Waals surface area (Å²) in [6.45, 7) is 10.8. The molecule has 1 heterocycles. The number of aliphatic imine (C=N–C) groups is 1. The molecule has 0 aromatic carbocycles. The van der Waals surface area contributed by atoms with Crippen molar-refractivity contribution in [2.24, 2.45) is 10.9 Å². The molecule has 1 fully saturated rings. The van der Waals surface area contributed by atoms with Crippen molar-refractivity contribution in [3.8, 4) is 0 Å². The molecule has 0 aliphatic carbocycles. The molecule has 0 aromatic rings. The number of guanidine groups is 1. The van der Waals surface area contributed by atoms with Crippen LogP contribution in [0.4, 0.5) is 0 Å². The number of amides is 1. The Labute approximate surface area is 170 Å². The zero-order valence-corrected chi connectivity index (χ0v) is 19.0. The number of rotatable bonds is 9. The van der Waals surface area contributed by atoms with Crippen LogP contribution in [0.5, 0.6) is 0 Å². The molecule has 1 N–H and O–H groups in total. The molecule has 0 unspecified atom stereocenters. The van der Waals surface area contributed by atoms with Gasteiger partial charge in [0.25, 0.3) is 0 Å². The van der Waals surface area contributed by atoms with E-state index in [1.807, 2.05) is 18.7 Å². The second kappa shape index (κ2) is 11.6. The highest BCUT2D eigenvalue weighted by atomic mass is 32.2. The van der Waals surface area contributed by atoms with E-state index in [-0.39, 0.29) is 30.9 Å². The average Bonchev–Trinajstić information content (AvgIpc) is 2.60. The van der Waals surface area contributed by atoms with Crippen molar-refractivity contribution in [2.45, 2.75) is 33.8 Å². The SMILES string of the molecule is CC(C)CNC(=NCC(=O)N(C)C)N1CCN(S(=O)(=O)CCOC(C)C)CC1. The van der Waals surface area contributed by atoms with Gasteiger partial charge in [0, 0.05) is 46.8 Å². The molecular weight excluding hydrogens is 382 g/mol. The van der Waals surface area contributed by atoms with Gasteiger partial charge in [0.2, 0.25) is 15.9 Å². The van der Waals surface area contributed by atoms with Gasteiger partial charge in [0.1, 0.15) is 6.54 Å². The van der Waals surface area contributed by atoms with Gasteiger partial charge < -0.3 is 19.9 Å². The first-order valence-electron chi connectivity index (χ1n) is 9.85. The molecule has 0 aromatic heterocycles. The van der Waals surface area contributed by atoms with Crippen molar-refractivity contribution >= 4 is 21.9 Å². The summed E-state index contributed by atoms with van der Waals surface area (Å²) < 4.78 is 31.8. The van der Waals surface area contributed by atoms with Gasteiger partial charge in [0.05, 0.1) is 18.5 Å². The number of hydrogen-bond acceptors (Lipinski definition) is 5. The molecule has 0 saturated carbocycles. The predicted molar refractivity (Wildman–Crippen MR) is 112 cm³/mol. The van der Waals surface area contributed by atoms with Crippen molar-refractivity contribution in [3.63, 3.8) is 0 Å². The third kappa shape index (κ3) is 8.74. The number of nitrogens with zero attached hydrogens (tertiary/aromatic N) is 4. The summed E-state index contributed by atoms with van der Waals surface area (Å²) in [5.41, 5.74) is 0. The second-order valence-electron chi connectivity index (χ2n) is 7.82. The van der Waals surface area contributed by atoms with Gasteiger partial charge in [-0.15, -0.1) is 0 Å². The van der Waals surface area contributed by atoms with E-state index >= 15 is 0 Å². The molecule has 1 amide bonds. The van der Waals surface area contributed by atoms with Crippen molar-refractivity contribution < 1.29 is 17.9 Å². The Bertz CT molecular complexity index is 611. The number of ether oxygens (including phenoxy) is 1. The molecule has 0 bridgehead atoms. The minimum atomic E-state index is -3.33. The summed E-state index contributed by atoms with van der Waals surface area (Å²) in [6.07, 6.45) is 0.0164. The fraction of sp³-hybridized carbons (Fsp3) is 0.889. The van der Waals surface area contributed by atoms with E-state index in [2.05, 4.69) is 24.2 Å². The smallest absolute Gasteiger partial charge is 0.243 e. The highest BCUT2D eigenvalue weighted by molar-refractivity contribution is 7.89. The van der Waals surface area contributed by atoms with Crippen LogP contribution in [0.25, 0.3) is 0 Å². The summed E-state index contributed by atoms with van der Waals surface area (Å²) in [4.78, 5) is 19.8. The van der Waals surface area contributed by atoms with Crippen LogP contribution >= 0.6 is 0 Å². The molecule has 1 aliphatic heterocycles. The largest absolute Gasteiger partial charge is 0.378 e. The summed E-state index contributed by atoms with van der Waals surface area (Å²) in [6, 6.07) is 0. The normalized spacial score (nSPS) is 16.7. The quantitative estimate of drug-likeness (QED) is 0.419. The molecule has 0 radical (unpaired) electrons. The Morgan fingerprint density at radius 3 is 2.25 bits per heavy atom. The van der Waals surface area contributed by atoms with E-state index < -0.39 is 10.0 Å². The lowest BCUT2D eigenvalue weighted by Crippen LogP contribution is -2.54. The molecule has 9 nitrogen and oxygen atoms in total. The number of nitrogens with one attached hydrogen (secondary N) is 1. The molecule has 1 aliphatic rings. The first-order chi connectivity index (χ1) is 13.0. The lowest BCUT2D eigenvalue weighted by molar-refractivity contribution is -0.127. The maximum atomic E-state index is 12.5. The standard InChI is InChI=1S/C18H37N5O4S/c1-15(2)13-19-18(20-14-17(24)21(5)6)22-7-9-23(10-8-22)28(25,26)12-11-27-16(3)4/h15-16H,7-14H2,1-6H3,(H,19,20). The second-order valence-corrected chi connectivity index (χ2v) is 9.91. The summed E-state index contributed by atoms with van der Waals surface area (Å²) in [7, 11) is 0.0700. The van der Waals surface area contributed by atoms with Crippen LogP contribution < -0.4 is 5.32 Å². The van der Waals surface area contributed by atoms with Gasteiger partial charge in [0.15, 0.2) is 5.96 Å². The van der Waals surface area contributed by atoms with Gasteiger partial charge in [-0.1, -0.05) is 13.8 Å². The van der Waals surface area contributed by atoms with Crippen LogP contribution in [0.15, 0.2) is 4.99 Å². The molecular formula is C18H37N5O4S. The number of sulfonamides is 1. The molecule has 10 heteroatoms. The highest BCUT2D eigenvalue weighted by Crippen LogP contribution is 2.09. The van der Waals surface area contributed by atoms with Crippen molar-refractivity contribution in [2.75, 3.05) is 65.7 Å². The zero-order chi connectivity index (χ0) is 21.3. The number of piperazine rings is 1. The van der Waals surface area contributed by atoms with Gasteiger partial charge >= 0.3 is 0 Å². The van der Waals surface area contributed by atoms with E-state index in [4.69, 9.17) is 4.74 Å². The van der Waals surface area contributed by atoms with E-state index in [1.165, 1.54) is 9.21 Å². The fourth-order valence-electron chi connectivity index (χ4n) is 2.54. The lowest BCUT2D eigenvalue weighted by atomic mass is 10.2. The van der Waals surface area contributed by atoms with Crippen LogP contribution in [-0.4, -0.2) is 106 Å². The number of carbonyl (C=O) groups excluding carboxylic acids is 1. The molecule has 0 atom stereocenters. The Morgan fingerprint density at radius 1 is 1.14 bits per heavy atom. The van der Waals surface area contributed by atoms with Crippen molar-refractivity contribution in [1.29, 1.82) is 0 Å². The van der Waals surface area contributed by atoms with Gasteiger partial charge in [-0.05, 0) is 19.8 Å². The molecule has 164 valence electrons. The monoisotopic (exact) mass is 419 g/mol. The topological polar surface area (TPSA) is 94.5 Å². The fourth-order valence-corrected chi connectivity index (χ4v) is 3.83. The highest BCUT2D eigenvalue weighted by Gasteiger charge is 2.28. The maximum Gasteiger partial charge on any atom is 0.243 e. The Kier molecular flexibility index (Phi) is 10.2. The van der Waals surface area contributed by atoms with Crippen molar-refractivity contribution in [1.82, 2.24) is 19.4 Å². The van der Waals surface area contributed by atoms with E-state index in [9.17, 15) is 13.2 Å². The molecule has 1 saturated heterocycles. The minimum Gasteiger partial charge on any atom is -0.378 e. The third-order valence-corrected chi connectivity index (χ3v) is 6.09. The van der Waals surface area contributed by atoms with Crippen LogP contribution in [0.3, 0.4) is 0 Å². The number of likely N-dealkylation sites (N-methyl/N-ethyl adjacent to an activating group) is 1. The lowest BCUT2D eigenvalue weighted by Gasteiger charge is -2.36. The van der Waals surface area contributed by atoms with Crippen LogP contribution in [0.2, 0.25) is 0 Å². The first-order valence-corrected chi connectivity index (χ1v) is 11.5. The van der Waals surface area contributed by atoms with Gasteiger partial charge in [-0.3, -0.25) is 4.79 Å². The summed E-state index contributed by atoms with van der Waals surface area (Å²) in [5.74, 6) is 1.01. The predicted octanol–water partition coefficient (Wildman–Crippen LogP) is 0.0486. The summed E-state index contributed by atoms with van der Waals surface area (Å²) in [5, 5.41) is 3.30. The Hall–Kier alpha value is -1.39. The molecule has 0 spiro atoms. The maximum absolute atomic E-state index is 12.5. The van der Waals surface area contributed by atoms with Gasteiger partial charge in [-0.2, -0.15) is 4.31 Å². The molecule has 1 rings (SSSR count).